The molecule has 2 aliphatic rings. The summed E-state index contributed by atoms with van der Waals surface area (Å²) in [7, 11) is 1.67. The van der Waals surface area contributed by atoms with Gasteiger partial charge in [-0.15, -0.1) is 24.0 Å². The van der Waals surface area contributed by atoms with Crippen molar-refractivity contribution in [1.82, 2.24) is 20.4 Å². The number of hydrogen-bond acceptors (Lipinski definition) is 4. The second kappa shape index (κ2) is 12.8. The smallest absolute Gasteiger partial charge is 0.367 e. The zero-order valence-corrected chi connectivity index (χ0v) is 20.7. The van der Waals surface area contributed by atoms with Gasteiger partial charge in [0.25, 0.3) is 0 Å². The molecule has 0 aromatic heterocycles. The van der Waals surface area contributed by atoms with E-state index in [1.165, 1.54) is 11.0 Å². The second-order valence-electron chi connectivity index (χ2n) is 8.11. The van der Waals surface area contributed by atoms with Gasteiger partial charge < -0.3 is 15.5 Å². The summed E-state index contributed by atoms with van der Waals surface area (Å²) in [6.45, 7) is 4.98. The van der Waals surface area contributed by atoms with Crippen LogP contribution in [0.1, 0.15) is 12.8 Å². The van der Waals surface area contributed by atoms with E-state index in [0.717, 1.165) is 45.7 Å². The Morgan fingerprint density at radius 2 is 1.81 bits per heavy atom. The van der Waals surface area contributed by atoms with Crippen LogP contribution >= 0.6 is 24.0 Å². The van der Waals surface area contributed by atoms with E-state index >= 15 is 0 Å². The normalized spacial score (nSPS) is 20.8. The number of piperazine rings is 1. The topological polar surface area (TPSA) is 46.1 Å². The molecule has 2 saturated heterocycles. The van der Waals surface area contributed by atoms with Crippen molar-refractivity contribution in [2.75, 3.05) is 70.9 Å². The van der Waals surface area contributed by atoms with Crippen LogP contribution in [0.25, 0.3) is 0 Å². The average molecular weight is 572 g/mol. The number of nitrogens with zero attached hydrogens (tertiary/aromatic N) is 4. The molecule has 2 aliphatic heterocycles. The van der Waals surface area contributed by atoms with Gasteiger partial charge in [-0.1, -0.05) is 12.1 Å². The molecular formula is C21H33F4IN6. The van der Waals surface area contributed by atoms with Crippen LogP contribution in [0.4, 0.5) is 23.2 Å². The molecule has 2 N–H and O–H groups in total. The second-order valence-corrected chi connectivity index (χ2v) is 8.11. The maximum absolute atomic E-state index is 13.9. The molecule has 0 amide bonds. The number of likely N-dealkylation sites (tertiary alicyclic amines) is 1. The van der Waals surface area contributed by atoms with Gasteiger partial charge in [0.1, 0.15) is 5.82 Å². The summed E-state index contributed by atoms with van der Waals surface area (Å²) >= 11 is 0. The van der Waals surface area contributed by atoms with Crippen molar-refractivity contribution in [3.63, 3.8) is 0 Å². The maximum atomic E-state index is 13.9. The van der Waals surface area contributed by atoms with Crippen LogP contribution in [0.15, 0.2) is 29.3 Å². The molecule has 1 aromatic rings. The van der Waals surface area contributed by atoms with Crippen LogP contribution in [0, 0.1) is 5.82 Å². The zero-order chi connectivity index (χ0) is 22.3. The number of alkyl halides is 3. The fraction of sp³-hybridized carbons (Fsp3) is 0.667. The summed E-state index contributed by atoms with van der Waals surface area (Å²) in [6, 6.07) is 6.85. The quantitative estimate of drug-likeness (QED) is 0.173. The average Bonchev–Trinajstić information content (AvgIpc) is 3.16. The van der Waals surface area contributed by atoms with Gasteiger partial charge in [-0.3, -0.25) is 14.8 Å². The first-order valence-corrected chi connectivity index (χ1v) is 10.8. The Labute approximate surface area is 204 Å². The summed E-state index contributed by atoms with van der Waals surface area (Å²) in [6.07, 6.45) is -2.57. The number of benzene rings is 1. The Morgan fingerprint density at radius 1 is 1.09 bits per heavy atom. The molecule has 1 atom stereocenters. The van der Waals surface area contributed by atoms with Crippen LogP contribution in [0.2, 0.25) is 0 Å². The minimum Gasteiger partial charge on any atom is -0.367 e. The predicted molar refractivity (Wildman–Crippen MR) is 130 cm³/mol. The first-order chi connectivity index (χ1) is 14.8. The molecule has 0 saturated carbocycles. The molecule has 0 bridgehead atoms. The number of aliphatic imine (C=N–C) groups is 1. The van der Waals surface area contributed by atoms with Crippen molar-refractivity contribution >= 4 is 35.6 Å². The van der Waals surface area contributed by atoms with Crippen molar-refractivity contribution in [2.45, 2.75) is 25.1 Å². The van der Waals surface area contributed by atoms with E-state index in [9.17, 15) is 17.6 Å². The minimum atomic E-state index is -4.16. The van der Waals surface area contributed by atoms with Gasteiger partial charge in [0.05, 0.1) is 12.2 Å². The van der Waals surface area contributed by atoms with Gasteiger partial charge in [-0.2, -0.15) is 13.2 Å². The molecule has 0 aliphatic carbocycles. The molecule has 2 fully saturated rings. The van der Waals surface area contributed by atoms with E-state index in [4.69, 9.17) is 0 Å². The standard InChI is InChI=1S/C21H32F4N6.HI/c1-26-20(28-17-7-10-30(15-17)16-21(23,24)25)27-8-4-9-29-11-13-31(14-12-29)19-6-3-2-5-18(19)22;/h2-3,5-6,17H,4,7-16H2,1H3,(H2,26,27,28);1H. The Bertz CT molecular complexity index is 724. The molecule has 32 heavy (non-hydrogen) atoms. The highest BCUT2D eigenvalue weighted by Crippen LogP contribution is 2.21. The first kappa shape index (κ1) is 26.9. The van der Waals surface area contributed by atoms with E-state index in [-0.39, 0.29) is 35.8 Å². The van der Waals surface area contributed by atoms with E-state index in [1.54, 1.807) is 13.1 Å². The van der Waals surface area contributed by atoms with Crippen LogP contribution < -0.4 is 15.5 Å². The van der Waals surface area contributed by atoms with Crippen molar-refractivity contribution in [2.24, 2.45) is 4.99 Å². The Kier molecular flexibility index (Phi) is 10.7. The summed E-state index contributed by atoms with van der Waals surface area (Å²) in [5, 5.41) is 6.48. The van der Waals surface area contributed by atoms with Gasteiger partial charge >= 0.3 is 6.18 Å². The molecular weight excluding hydrogens is 539 g/mol. The summed E-state index contributed by atoms with van der Waals surface area (Å²) in [5.74, 6) is 0.450. The van der Waals surface area contributed by atoms with E-state index in [1.807, 2.05) is 12.1 Å². The Morgan fingerprint density at radius 3 is 2.47 bits per heavy atom. The summed E-state index contributed by atoms with van der Waals surface area (Å²) in [4.78, 5) is 10.1. The number of para-hydroxylation sites is 1. The third-order valence-corrected chi connectivity index (χ3v) is 5.75. The number of guanidine groups is 1. The largest absolute Gasteiger partial charge is 0.401 e. The molecule has 1 unspecified atom stereocenters. The molecule has 11 heteroatoms. The molecule has 182 valence electrons. The first-order valence-electron chi connectivity index (χ1n) is 10.8. The highest BCUT2D eigenvalue weighted by molar-refractivity contribution is 14.0. The van der Waals surface area contributed by atoms with Crippen molar-refractivity contribution < 1.29 is 17.6 Å². The Balaban J connectivity index is 0.00000363. The van der Waals surface area contributed by atoms with Crippen LogP contribution in [-0.4, -0.2) is 93.9 Å². The molecule has 1 aromatic carbocycles. The van der Waals surface area contributed by atoms with Gasteiger partial charge in [-0.05, 0) is 31.5 Å². The molecule has 0 radical (unpaired) electrons. The van der Waals surface area contributed by atoms with Gasteiger partial charge in [0.15, 0.2) is 5.96 Å². The van der Waals surface area contributed by atoms with Crippen molar-refractivity contribution in [3.8, 4) is 0 Å². The fourth-order valence-corrected chi connectivity index (χ4v) is 4.17. The van der Waals surface area contributed by atoms with E-state index in [2.05, 4.69) is 25.4 Å². The van der Waals surface area contributed by atoms with Crippen molar-refractivity contribution in [3.05, 3.63) is 30.1 Å². The van der Waals surface area contributed by atoms with Gasteiger partial charge in [-0.25, -0.2) is 4.39 Å². The number of anilines is 1. The lowest BCUT2D eigenvalue weighted by atomic mass is 10.2. The maximum Gasteiger partial charge on any atom is 0.401 e. The minimum absolute atomic E-state index is 0. The lowest BCUT2D eigenvalue weighted by molar-refractivity contribution is -0.143. The zero-order valence-electron chi connectivity index (χ0n) is 18.4. The molecule has 0 spiro atoms. The van der Waals surface area contributed by atoms with Crippen LogP contribution in [0.3, 0.4) is 0 Å². The highest BCUT2D eigenvalue weighted by atomic mass is 127. The fourth-order valence-electron chi connectivity index (χ4n) is 4.17. The number of hydrogen-bond donors (Lipinski definition) is 2. The van der Waals surface area contributed by atoms with Crippen molar-refractivity contribution in [1.29, 1.82) is 0 Å². The highest BCUT2D eigenvalue weighted by Gasteiger charge is 2.34. The third kappa shape index (κ3) is 8.54. The SMILES string of the molecule is CN=C(NCCCN1CCN(c2ccccc2F)CC1)NC1CCN(CC(F)(F)F)C1.I. The van der Waals surface area contributed by atoms with Crippen LogP contribution in [0.5, 0.6) is 0 Å². The number of nitrogens with one attached hydrogen (secondary N) is 2. The monoisotopic (exact) mass is 572 g/mol. The molecule has 6 nitrogen and oxygen atoms in total. The third-order valence-electron chi connectivity index (χ3n) is 5.75. The molecule has 3 rings (SSSR count). The lowest BCUT2D eigenvalue weighted by Gasteiger charge is -2.36. The van der Waals surface area contributed by atoms with E-state index < -0.39 is 12.7 Å². The van der Waals surface area contributed by atoms with Gasteiger partial charge in [0, 0.05) is 58.9 Å². The number of halogens is 5. The van der Waals surface area contributed by atoms with Crippen LogP contribution in [-0.2, 0) is 0 Å². The Hall–Kier alpha value is -1.34. The number of rotatable bonds is 7. The van der Waals surface area contributed by atoms with Gasteiger partial charge in [0.2, 0.25) is 0 Å². The summed E-state index contributed by atoms with van der Waals surface area (Å²) < 4.78 is 51.5. The molecule has 2 heterocycles. The predicted octanol–water partition coefficient (Wildman–Crippen LogP) is 2.76. The van der Waals surface area contributed by atoms with E-state index in [0.29, 0.717) is 31.2 Å². The lowest BCUT2D eigenvalue weighted by Crippen LogP contribution is -2.48. The summed E-state index contributed by atoms with van der Waals surface area (Å²) in [5.41, 5.74) is 0.666.